The maximum atomic E-state index is 12.1. The van der Waals surface area contributed by atoms with Gasteiger partial charge >= 0.3 is 0 Å². The topological polar surface area (TPSA) is 87.5 Å². The van der Waals surface area contributed by atoms with Crippen molar-refractivity contribution in [2.45, 2.75) is 38.5 Å². The third kappa shape index (κ3) is 5.28. The summed E-state index contributed by atoms with van der Waals surface area (Å²) in [6.07, 6.45) is 2.23. The van der Waals surface area contributed by atoms with E-state index in [1.807, 2.05) is 0 Å². The van der Waals surface area contributed by atoms with Gasteiger partial charge in [-0.25, -0.2) is 0 Å². The van der Waals surface area contributed by atoms with Crippen LogP contribution in [0, 0.1) is 6.92 Å². The molecule has 150 valence electrons. The summed E-state index contributed by atoms with van der Waals surface area (Å²) in [5.41, 5.74) is 3.71. The van der Waals surface area contributed by atoms with Crippen LogP contribution in [0.4, 0.5) is 11.5 Å². The second-order valence-electron chi connectivity index (χ2n) is 7.03. The number of thioether (sulfide) groups is 1. The third-order valence-electron chi connectivity index (χ3n) is 4.70. The highest BCUT2D eigenvalue weighted by molar-refractivity contribution is 8.01. The summed E-state index contributed by atoms with van der Waals surface area (Å²) in [6, 6.07) is 8.01. The van der Waals surface area contributed by atoms with Crippen molar-refractivity contribution in [2.24, 2.45) is 0 Å². The molecule has 1 aromatic carbocycles. The van der Waals surface area contributed by atoms with Crippen LogP contribution in [0.25, 0.3) is 0 Å². The molecular formula is C20H26N4O3S. The Balaban J connectivity index is 1.42. The predicted octanol–water partition coefficient (Wildman–Crippen LogP) is 2.74. The van der Waals surface area contributed by atoms with Crippen molar-refractivity contribution < 1.29 is 14.1 Å². The van der Waals surface area contributed by atoms with Crippen LogP contribution >= 0.6 is 11.8 Å². The molecule has 8 heteroatoms. The fourth-order valence-electron chi connectivity index (χ4n) is 3.13. The fourth-order valence-corrected chi connectivity index (χ4v) is 3.84. The smallest absolute Gasteiger partial charge is 0.238 e. The van der Waals surface area contributed by atoms with Gasteiger partial charge in [-0.3, -0.25) is 9.59 Å². The SMILES string of the molecule is Cc1cc(NC(=O)C(C)SCC(=O)NCc2ccc3c(c2)CCCN3C)no1. The molecule has 28 heavy (non-hydrogen) atoms. The molecule has 2 amide bonds. The van der Waals surface area contributed by atoms with Gasteiger partial charge in [0.2, 0.25) is 11.8 Å². The Hall–Kier alpha value is -2.48. The number of aryl methyl sites for hydroxylation is 2. The number of hydrogen-bond donors (Lipinski definition) is 2. The van der Waals surface area contributed by atoms with Crippen molar-refractivity contribution in [3.8, 4) is 0 Å². The first-order valence-electron chi connectivity index (χ1n) is 9.38. The number of carbonyl (C=O) groups excluding carboxylic acids is 2. The molecule has 2 heterocycles. The summed E-state index contributed by atoms with van der Waals surface area (Å²) < 4.78 is 4.92. The Morgan fingerprint density at radius 2 is 2.18 bits per heavy atom. The van der Waals surface area contributed by atoms with Crippen LogP contribution in [0.5, 0.6) is 0 Å². The molecule has 0 radical (unpaired) electrons. The summed E-state index contributed by atoms with van der Waals surface area (Å²) in [6.45, 7) is 5.10. The Bertz CT molecular complexity index is 852. The second-order valence-corrected chi connectivity index (χ2v) is 8.36. The monoisotopic (exact) mass is 402 g/mol. The minimum atomic E-state index is -0.373. The number of amides is 2. The van der Waals surface area contributed by atoms with Crippen molar-refractivity contribution >= 4 is 35.1 Å². The van der Waals surface area contributed by atoms with Crippen LogP contribution in [-0.2, 0) is 22.6 Å². The first kappa shape index (κ1) is 20.3. The van der Waals surface area contributed by atoms with E-state index in [1.54, 1.807) is 19.9 Å². The molecule has 0 spiro atoms. The van der Waals surface area contributed by atoms with Crippen molar-refractivity contribution in [3.63, 3.8) is 0 Å². The first-order valence-corrected chi connectivity index (χ1v) is 10.4. The average molecular weight is 403 g/mol. The molecule has 2 N–H and O–H groups in total. The van der Waals surface area contributed by atoms with E-state index < -0.39 is 0 Å². The molecule has 1 unspecified atom stereocenters. The summed E-state index contributed by atoms with van der Waals surface area (Å²) in [7, 11) is 2.11. The summed E-state index contributed by atoms with van der Waals surface area (Å²) in [5, 5.41) is 8.97. The fraction of sp³-hybridized carbons (Fsp3) is 0.450. The molecule has 3 rings (SSSR count). The van der Waals surface area contributed by atoms with Crippen molar-refractivity contribution in [1.29, 1.82) is 0 Å². The van der Waals surface area contributed by atoms with Crippen LogP contribution in [0.2, 0.25) is 0 Å². The van der Waals surface area contributed by atoms with E-state index in [4.69, 9.17) is 4.52 Å². The highest BCUT2D eigenvalue weighted by Crippen LogP contribution is 2.26. The summed E-state index contributed by atoms with van der Waals surface area (Å²) in [5.74, 6) is 0.947. The van der Waals surface area contributed by atoms with Gasteiger partial charge in [-0.05, 0) is 43.9 Å². The number of benzene rings is 1. The Morgan fingerprint density at radius 1 is 1.36 bits per heavy atom. The summed E-state index contributed by atoms with van der Waals surface area (Å²) in [4.78, 5) is 26.5. The van der Waals surface area contributed by atoms with Crippen molar-refractivity contribution in [2.75, 3.05) is 29.6 Å². The van der Waals surface area contributed by atoms with Gasteiger partial charge in [0.05, 0.1) is 11.0 Å². The second kappa shape index (κ2) is 9.14. The summed E-state index contributed by atoms with van der Waals surface area (Å²) >= 11 is 1.29. The van der Waals surface area contributed by atoms with E-state index in [1.165, 1.54) is 23.0 Å². The zero-order valence-corrected chi connectivity index (χ0v) is 17.3. The molecule has 1 atom stereocenters. The lowest BCUT2D eigenvalue weighted by Gasteiger charge is -2.27. The molecule has 1 aliphatic heterocycles. The number of carbonyl (C=O) groups is 2. The van der Waals surface area contributed by atoms with Gasteiger partial charge in [0.1, 0.15) is 5.76 Å². The van der Waals surface area contributed by atoms with Gasteiger partial charge in [0.15, 0.2) is 5.82 Å². The Kier molecular flexibility index (Phi) is 6.61. The number of aromatic nitrogens is 1. The lowest BCUT2D eigenvalue weighted by Crippen LogP contribution is -2.28. The normalized spacial score (nSPS) is 14.3. The lowest BCUT2D eigenvalue weighted by molar-refractivity contribution is -0.118. The van der Waals surface area contributed by atoms with E-state index >= 15 is 0 Å². The molecule has 0 aliphatic carbocycles. The molecule has 1 aromatic heterocycles. The number of nitrogens with one attached hydrogen (secondary N) is 2. The highest BCUT2D eigenvalue weighted by atomic mass is 32.2. The van der Waals surface area contributed by atoms with Crippen LogP contribution in [0.15, 0.2) is 28.8 Å². The van der Waals surface area contributed by atoms with E-state index in [-0.39, 0.29) is 22.8 Å². The highest BCUT2D eigenvalue weighted by Gasteiger charge is 2.17. The largest absolute Gasteiger partial charge is 0.374 e. The van der Waals surface area contributed by atoms with Gasteiger partial charge in [-0.2, -0.15) is 0 Å². The van der Waals surface area contributed by atoms with Gasteiger partial charge in [-0.1, -0.05) is 17.3 Å². The quantitative estimate of drug-likeness (QED) is 0.740. The molecule has 7 nitrogen and oxygen atoms in total. The number of rotatable bonds is 7. The predicted molar refractivity (Wildman–Crippen MR) is 112 cm³/mol. The molecule has 1 aliphatic rings. The average Bonchev–Trinajstić information content (AvgIpc) is 3.09. The molecule has 0 bridgehead atoms. The maximum Gasteiger partial charge on any atom is 0.238 e. The van der Waals surface area contributed by atoms with Crippen LogP contribution in [-0.4, -0.2) is 41.6 Å². The maximum absolute atomic E-state index is 12.1. The standard InChI is InChI=1S/C20H26N4O3S/c1-13-9-18(23-27-13)22-20(26)14(2)28-12-19(25)21-11-15-6-7-17-16(10-15)5-4-8-24(17)3/h6-7,9-10,14H,4-5,8,11-12H2,1-3H3,(H,21,25)(H,22,23,26). The van der Waals surface area contributed by atoms with E-state index in [9.17, 15) is 9.59 Å². The zero-order valence-electron chi connectivity index (χ0n) is 16.4. The van der Waals surface area contributed by atoms with Crippen LogP contribution in [0.1, 0.15) is 30.2 Å². The first-order chi connectivity index (χ1) is 13.4. The van der Waals surface area contributed by atoms with Gasteiger partial charge in [0, 0.05) is 31.9 Å². The number of fused-ring (bicyclic) bond motifs is 1. The zero-order chi connectivity index (χ0) is 20.1. The molecular weight excluding hydrogens is 376 g/mol. The molecule has 0 saturated carbocycles. The van der Waals surface area contributed by atoms with Gasteiger partial charge in [-0.15, -0.1) is 11.8 Å². The number of nitrogens with zero attached hydrogens (tertiary/aromatic N) is 2. The molecule has 0 fully saturated rings. The third-order valence-corrected chi connectivity index (χ3v) is 5.84. The Morgan fingerprint density at radius 3 is 2.93 bits per heavy atom. The minimum absolute atomic E-state index is 0.0863. The Labute approximate surface area is 169 Å². The molecule has 2 aromatic rings. The number of hydrogen-bond acceptors (Lipinski definition) is 6. The number of anilines is 2. The van der Waals surface area contributed by atoms with Crippen LogP contribution < -0.4 is 15.5 Å². The van der Waals surface area contributed by atoms with E-state index in [0.717, 1.165) is 24.9 Å². The van der Waals surface area contributed by atoms with Gasteiger partial charge in [0.25, 0.3) is 0 Å². The van der Waals surface area contributed by atoms with Gasteiger partial charge < -0.3 is 20.1 Å². The minimum Gasteiger partial charge on any atom is -0.374 e. The van der Waals surface area contributed by atoms with Crippen molar-refractivity contribution in [3.05, 3.63) is 41.2 Å². The lowest BCUT2D eigenvalue weighted by atomic mass is 9.99. The van der Waals surface area contributed by atoms with E-state index in [2.05, 4.69) is 45.9 Å². The van der Waals surface area contributed by atoms with E-state index in [0.29, 0.717) is 18.1 Å². The van der Waals surface area contributed by atoms with Crippen molar-refractivity contribution in [1.82, 2.24) is 10.5 Å². The molecule has 0 saturated heterocycles. The van der Waals surface area contributed by atoms with Crippen LogP contribution in [0.3, 0.4) is 0 Å².